The SMILES string of the molecule is CCOCCOC1=C[C@H](COc2ncc(F)c(NC)n2)CC=C1. The first kappa shape index (κ1) is 17.2. The molecule has 23 heavy (non-hydrogen) atoms. The van der Waals surface area contributed by atoms with E-state index in [2.05, 4.69) is 15.3 Å². The van der Waals surface area contributed by atoms with Gasteiger partial charge in [0.05, 0.1) is 19.4 Å². The number of hydrogen-bond acceptors (Lipinski definition) is 6. The summed E-state index contributed by atoms with van der Waals surface area (Å²) in [6, 6.07) is 0.150. The second kappa shape index (κ2) is 9.09. The molecule has 0 saturated carbocycles. The van der Waals surface area contributed by atoms with Crippen LogP contribution in [0.3, 0.4) is 0 Å². The largest absolute Gasteiger partial charge is 0.492 e. The van der Waals surface area contributed by atoms with Crippen LogP contribution in [0.4, 0.5) is 10.2 Å². The molecule has 1 aliphatic carbocycles. The van der Waals surface area contributed by atoms with Crippen molar-refractivity contribution in [2.45, 2.75) is 13.3 Å². The van der Waals surface area contributed by atoms with E-state index >= 15 is 0 Å². The topological polar surface area (TPSA) is 65.5 Å². The van der Waals surface area contributed by atoms with Crippen LogP contribution < -0.4 is 10.1 Å². The number of nitrogens with zero attached hydrogens (tertiary/aromatic N) is 2. The Kier molecular flexibility index (Phi) is 6.80. The fourth-order valence-corrected chi connectivity index (χ4v) is 2.07. The number of halogens is 1. The van der Waals surface area contributed by atoms with Crippen molar-refractivity contribution in [2.24, 2.45) is 5.92 Å². The number of ether oxygens (including phenoxy) is 3. The highest BCUT2D eigenvalue weighted by Crippen LogP contribution is 2.19. The molecule has 6 nitrogen and oxygen atoms in total. The summed E-state index contributed by atoms with van der Waals surface area (Å²) in [5.41, 5.74) is 0. The lowest BCUT2D eigenvalue weighted by Gasteiger charge is -2.17. The molecule has 0 aromatic carbocycles. The molecule has 7 heteroatoms. The first-order chi connectivity index (χ1) is 11.2. The van der Waals surface area contributed by atoms with Crippen molar-refractivity contribution in [3.63, 3.8) is 0 Å². The van der Waals surface area contributed by atoms with Crippen LogP contribution in [0.2, 0.25) is 0 Å². The first-order valence-corrected chi connectivity index (χ1v) is 7.65. The summed E-state index contributed by atoms with van der Waals surface area (Å²) in [6.45, 7) is 4.12. The average Bonchev–Trinajstić information content (AvgIpc) is 2.58. The van der Waals surface area contributed by atoms with Gasteiger partial charge in [0.1, 0.15) is 12.4 Å². The maximum Gasteiger partial charge on any atom is 0.318 e. The van der Waals surface area contributed by atoms with Crippen LogP contribution in [0, 0.1) is 11.7 Å². The molecule has 1 aliphatic rings. The van der Waals surface area contributed by atoms with Gasteiger partial charge in [-0.3, -0.25) is 0 Å². The Balaban J connectivity index is 1.83. The van der Waals surface area contributed by atoms with Crippen LogP contribution in [0.15, 0.2) is 30.2 Å². The third kappa shape index (κ3) is 5.52. The molecule has 0 radical (unpaired) electrons. The maximum absolute atomic E-state index is 13.3. The molecule has 2 rings (SSSR count). The standard InChI is InChI=1S/C16H22FN3O3/c1-3-21-7-8-22-13-6-4-5-12(9-13)11-23-16-19-10-14(17)15(18-2)20-16/h4,6,9-10,12H,3,5,7-8,11H2,1-2H3,(H,18,19,20)/t12-/m1/s1. The van der Waals surface area contributed by atoms with Gasteiger partial charge in [-0.1, -0.05) is 6.08 Å². The average molecular weight is 323 g/mol. The first-order valence-electron chi connectivity index (χ1n) is 7.65. The fourth-order valence-electron chi connectivity index (χ4n) is 2.07. The zero-order chi connectivity index (χ0) is 16.5. The van der Waals surface area contributed by atoms with Gasteiger partial charge >= 0.3 is 6.01 Å². The highest BCUT2D eigenvalue weighted by Gasteiger charge is 2.13. The summed E-state index contributed by atoms with van der Waals surface area (Å²) >= 11 is 0. The second-order valence-electron chi connectivity index (χ2n) is 4.92. The fraction of sp³-hybridized carbons (Fsp3) is 0.500. The smallest absolute Gasteiger partial charge is 0.318 e. The normalized spacial score (nSPS) is 16.8. The minimum absolute atomic E-state index is 0.119. The molecule has 1 atom stereocenters. The van der Waals surface area contributed by atoms with E-state index in [1.54, 1.807) is 7.05 Å². The number of nitrogens with one attached hydrogen (secondary N) is 1. The summed E-state index contributed by atoms with van der Waals surface area (Å²) in [5, 5.41) is 2.65. The Bertz CT molecular complexity index is 564. The molecule has 0 amide bonds. The Morgan fingerprint density at radius 2 is 2.22 bits per heavy atom. The van der Waals surface area contributed by atoms with E-state index in [1.807, 2.05) is 25.2 Å². The lowest BCUT2D eigenvalue weighted by atomic mass is 10.0. The van der Waals surface area contributed by atoms with Gasteiger partial charge in [-0.25, -0.2) is 9.37 Å². The number of allylic oxidation sites excluding steroid dienone is 2. The Hall–Kier alpha value is -2.15. The molecule has 1 heterocycles. The molecule has 1 aromatic rings. The van der Waals surface area contributed by atoms with Crippen LogP contribution in [-0.4, -0.2) is 43.4 Å². The minimum atomic E-state index is -0.509. The zero-order valence-corrected chi connectivity index (χ0v) is 13.4. The lowest BCUT2D eigenvalue weighted by Crippen LogP contribution is -2.14. The van der Waals surface area contributed by atoms with Crippen molar-refractivity contribution in [1.29, 1.82) is 0 Å². The molecule has 0 bridgehead atoms. The highest BCUT2D eigenvalue weighted by atomic mass is 19.1. The Morgan fingerprint density at radius 1 is 1.35 bits per heavy atom. The molecule has 0 spiro atoms. The lowest BCUT2D eigenvalue weighted by molar-refractivity contribution is 0.0853. The van der Waals surface area contributed by atoms with Gasteiger partial charge in [0.2, 0.25) is 0 Å². The van der Waals surface area contributed by atoms with Crippen LogP contribution in [0.25, 0.3) is 0 Å². The van der Waals surface area contributed by atoms with Crippen LogP contribution >= 0.6 is 0 Å². The molecule has 0 fully saturated rings. The van der Waals surface area contributed by atoms with Crippen molar-refractivity contribution < 1.29 is 18.6 Å². The predicted octanol–water partition coefficient (Wildman–Crippen LogP) is 2.55. The van der Waals surface area contributed by atoms with Gasteiger partial charge in [0, 0.05) is 19.6 Å². The summed E-state index contributed by atoms with van der Waals surface area (Å²) in [4.78, 5) is 7.78. The number of anilines is 1. The predicted molar refractivity (Wildman–Crippen MR) is 84.8 cm³/mol. The van der Waals surface area contributed by atoms with Gasteiger partial charge in [-0.05, 0) is 25.5 Å². The number of aromatic nitrogens is 2. The van der Waals surface area contributed by atoms with E-state index < -0.39 is 5.82 Å². The van der Waals surface area contributed by atoms with Crippen molar-refractivity contribution in [2.75, 3.05) is 38.8 Å². The van der Waals surface area contributed by atoms with Crippen molar-refractivity contribution in [3.05, 3.63) is 36.0 Å². The van der Waals surface area contributed by atoms with E-state index in [0.29, 0.717) is 26.4 Å². The summed E-state index contributed by atoms with van der Waals surface area (Å²) < 4.78 is 29.7. The highest BCUT2D eigenvalue weighted by molar-refractivity contribution is 5.34. The van der Waals surface area contributed by atoms with Gasteiger partial charge in [-0.15, -0.1) is 0 Å². The molecule has 1 N–H and O–H groups in total. The minimum Gasteiger partial charge on any atom is -0.492 e. The molecule has 1 aromatic heterocycles. The monoisotopic (exact) mass is 323 g/mol. The molecular weight excluding hydrogens is 301 g/mol. The van der Waals surface area contributed by atoms with Crippen molar-refractivity contribution in [3.8, 4) is 6.01 Å². The number of rotatable bonds is 9. The van der Waals surface area contributed by atoms with Crippen LogP contribution in [0.1, 0.15) is 13.3 Å². The molecular formula is C16H22FN3O3. The van der Waals surface area contributed by atoms with Crippen LogP contribution in [-0.2, 0) is 9.47 Å². The van der Waals surface area contributed by atoms with Gasteiger partial charge < -0.3 is 19.5 Å². The van der Waals surface area contributed by atoms with E-state index in [0.717, 1.165) is 18.4 Å². The van der Waals surface area contributed by atoms with Gasteiger partial charge in [0.25, 0.3) is 0 Å². The van der Waals surface area contributed by atoms with Gasteiger partial charge in [-0.2, -0.15) is 4.98 Å². The summed E-state index contributed by atoms with van der Waals surface area (Å²) in [5.74, 6) is 0.577. The van der Waals surface area contributed by atoms with Crippen molar-refractivity contribution in [1.82, 2.24) is 9.97 Å². The Labute approximate surface area is 135 Å². The van der Waals surface area contributed by atoms with E-state index in [9.17, 15) is 4.39 Å². The van der Waals surface area contributed by atoms with E-state index in [1.165, 1.54) is 0 Å². The van der Waals surface area contributed by atoms with E-state index in [-0.39, 0.29) is 17.7 Å². The Morgan fingerprint density at radius 3 is 3.00 bits per heavy atom. The molecule has 0 saturated heterocycles. The van der Waals surface area contributed by atoms with Gasteiger partial charge in [0.15, 0.2) is 11.6 Å². The van der Waals surface area contributed by atoms with E-state index in [4.69, 9.17) is 14.2 Å². The summed E-state index contributed by atoms with van der Waals surface area (Å²) in [6.07, 6.45) is 7.92. The zero-order valence-electron chi connectivity index (χ0n) is 13.4. The second-order valence-corrected chi connectivity index (χ2v) is 4.92. The molecule has 126 valence electrons. The number of hydrogen-bond donors (Lipinski definition) is 1. The third-order valence-corrected chi connectivity index (χ3v) is 3.21. The van der Waals surface area contributed by atoms with Crippen molar-refractivity contribution >= 4 is 5.82 Å². The third-order valence-electron chi connectivity index (χ3n) is 3.21. The van der Waals surface area contributed by atoms with Crippen LogP contribution in [0.5, 0.6) is 6.01 Å². The molecule has 0 aliphatic heterocycles. The molecule has 0 unspecified atom stereocenters. The maximum atomic E-state index is 13.3. The summed E-state index contributed by atoms with van der Waals surface area (Å²) in [7, 11) is 1.59. The quantitative estimate of drug-likeness (QED) is 0.705.